The lowest BCUT2D eigenvalue weighted by Crippen LogP contribution is -2.23. The van der Waals surface area contributed by atoms with Gasteiger partial charge < -0.3 is 14.8 Å². The highest BCUT2D eigenvalue weighted by Crippen LogP contribution is 2.31. The van der Waals surface area contributed by atoms with Crippen molar-refractivity contribution in [2.75, 3.05) is 25.1 Å². The van der Waals surface area contributed by atoms with Crippen molar-refractivity contribution in [3.05, 3.63) is 54.1 Å². The Balaban J connectivity index is 1.69. The number of hydrogen-bond acceptors (Lipinski definition) is 3. The third-order valence-corrected chi connectivity index (χ3v) is 3.97. The second-order valence-electron chi connectivity index (χ2n) is 5.87. The zero-order valence-corrected chi connectivity index (χ0v) is 13.6. The monoisotopic (exact) mass is 347 g/mol. The van der Waals surface area contributed by atoms with Crippen LogP contribution in [-0.2, 0) is 14.3 Å². The number of halogens is 2. The van der Waals surface area contributed by atoms with E-state index in [0.717, 1.165) is 18.9 Å². The predicted molar refractivity (Wildman–Crippen MR) is 90.2 cm³/mol. The molecule has 2 aromatic carbocycles. The van der Waals surface area contributed by atoms with Gasteiger partial charge in [-0.05, 0) is 24.5 Å². The van der Waals surface area contributed by atoms with Crippen LogP contribution in [0.1, 0.15) is 12.8 Å². The zero-order valence-electron chi connectivity index (χ0n) is 13.6. The normalized spacial score (nSPS) is 16.8. The van der Waals surface area contributed by atoms with Crippen LogP contribution in [-0.4, -0.2) is 31.8 Å². The zero-order chi connectivity index (χ0) is 17.6. The number of ether oxygens (including phenoxy) is 2. The third-order valence-electron chi connectivity index (χ3n) is 3.97. The summed E-state index contributed by atoms with van der Waals surface area (Å²) in [5.74, 6) is -2.03. The third kappa shape index (κ3) is 4.61. The van der Waals surface area contributed by atoms with Crippen LogP contribution in [0.25, 0.3) is 11.1 Å². The predicted octanol–water partition coefficient (Wildman–Crippen LogP) is 3.77. The molecule has 6 heteroatoms. The first kappa shape index (κ1) is 17.5. The van der Waals surface area contributed by atoms with Gasteiger partial charge >= 0.3 is 0 Å². The summed E-state index contributed by atoms with van der Waals surface area (Å²) in [5, 5.41) is 2.48. The summed E-state index contributed by atoms with van der Waals surface area (Å²) in [5.41, 5.74) is 0.834. The van der Waals surface area contributed by atoms with Gasteiger partial charge in [0.25, 0.3) is 0 Å². The molecule has 0 aromatic heterocycles. The van der Waals surface area contributed by atoms with Gasteiger partial charge in [-0.2, -0.15) is 0 Å². The van der Waals surface area contributed by atoms with Crippen LogP contribution in [0.2, 0.25) is 0 Å². The summed E-state index contributed by atoms with van der Waals surface area (Å²) >= 11 is 0. The lowest BCUT2D eigenvalue weighted by atomic mass is 10.0. The Hall–Kier alpha value is -2.31. The Labute approximate surface area is 144 Å². The largest absolute Gasteiger partial charge is 0.376 e. The summed E-state index contributed by atoms with van der Waals surface area (Å²) in [4.78, 5) is 12.1. The second kappa shape index (κ2) is 8.18. The van der Waals surface area contributed by atoms with Crippen LogP contribution >= 0.6 is 0 Å². The van der Waals surface area contributed by atoms with E-state index < -0.39 is 17.5 Å². The molecular weight excluding hydrogens is 328 g/mol. The Morgan fingerprint density at radius 3 is 2.76 bits per heavy atom. The summed E-state index contributed by atoms with van der Waals surface area (Å²) < 4.78 is 38.6. The number of carbonyl (C=O) groups is 1. The molecule has 0 bridgehead atoms. The first-order valence-electron chi connectivity index (χ1n) is 8.17. The van der Waals surface area contributed by atoms with Gasteiger partial charge in [0.15, 0.2) is 0 Å². The molecule has 1 aliphatic rings. The van der Waals surface area contributed by atoms with Gasteiger partial charge in [-0.3, -0.25) is 4.79 Å². The fourth-order valence-electron chi connectivity index (χ4n) is 2.78. The number of rotatable bonds is 6. The molecule has 0 aliphatic carbocycles. The molecule has 132 valence electrons. The van der Waals surface area contributed by atoms with Gasteiger partial charge in [0.05, 0.1) is 18.4 Å². The molecule has 1 atom stereocenters. The molecule has 1 saturated heterocycles. The van der Waals surface area contributed by atoms with E-state index in [4.69, 9.17) is 9.47 Å². The van der Waals surface area contributed by atoms with Crippen molar-refractivity contribution in [3.8, 4) is 11.1 Å². The molecule has 3 rings (SSSR count). The van der Waals surface area contributed by atoms with E-state index in [0.29, 0.717) is 18.8 Å². The first-order chi connectivity index (χ1) is 12.1. The molecule has 1 aliphatic heterocycles. The summed E-state index contributed by atoms with van der Waals surface area (Å²) in [6, 6.07) is 10.7. The number of nitrogens with one attached hydrogen (secondary N) is 1. The molecule has 1 amide bonds. The minimum atomic E-state index is -0.827. The SMILES string of the molecule is O=C(COCC1CCCO1)Nc1c(F)cc(F)cc1-c1ccccc1. The van der Waals surface area contributed by atoms with Crippen LogP contribution in [0.3, 0.4) is 0 Å². The topological polar surface area (TPSA) is 47.6 Å². The highest BCUT2D eigenvalue weighted by Gasteiger charge is 2.18. The molecule has 1 unspecified atom stereocenters. The van der Waals surface area contributed by atoms with E-state index in [1.54, 1.807) is 30.3 Å². The molecule has 0 saturated carbocycles. The summed E-state index contributed by atoms with van der Waals surface area (Å²) in [6.45, 7) is 0.817. The van der Waals surface area contributed by atoms with Crippen molar-refractivity contribution in [2.24, 2.45) is 0 Å². The highest BCUT2D eigenvalue weighted by molar-refractivity contribution is 5.96. The number of carbonyl (C=O) groups excluding carboxylic acids is 1. The average Bonchev–Trinajstić information content (AvgIpc) is 3.11. The lowest BCUT2D eigenvalue weighted by Gasteiger charge is -2.14. The maximum Gasteiger partial charge on any atom is 0.250 e. The van der Waals surface area contributed by atoms with Crippen molar-refractivity contribution in [2.45, 2.75) is 18.9 Å². The molecule has 0 radical (unpaired) electrons. The molecule has 25 heavy (non-hydrogen) atoms. The Kier molecular flexibility index (Phi) is 5.73. The highest BCUT2D eigenvalue weighted by atomic mass is 19.1. The maximum absolute atomic E-state index is 14.2. The van der Waals surface area contributed by atoms with Crippen molar-refractivity contribution < 1.29 is 23.0 Å². The van der Waals surface area contributed by atoms with Crippen molar-refractivity contribution in [3.63, 3.8) is 0 Å². The van der Waals surface area contributed by atoms with Crippen LogP contribution in [0.5, 0.6) is 0 Å². The number of anilines is 1. The van der Waals surface area contributed by atoms with Crippen LogP contribution < -0.4 is 5.32 Å². The summed E-state index contributed by atoms with van der Waals surface area (Å²) in [7, 11) is 0. The van der Waals surface area contributed by atoms with Crippen LogP contribution in [0.15, 0.2) is 42.5 Å². The molecular formula is C19H19F2NO3. The van der Waals surface area contributed by atoms with Gasteiger partial charge in [-0.25, -0.2) is 8.78 Å². The molecule has 1 fully saturated rings. The van der Waals surface area contributed by atoms with Gasteiger partial charge in [-0.15, -0.1) is 0 Å². The average molecular weight is 347 g/mol. The van der Waals surface area contributed by atoms with Crippen molar-refractivity contribution in [1.29, 1.82) is 0 Å². The van der Waals surface area contributed by atoms with Crippen LogP contribution in [0.4, 0.5) is 14.5 Å². The maximum atomic E-state index is 14.2. The Bertz CT molecular complexity index is 731. The number of hydrogen-bond donors (Lipinski definition) is 1. The molecule has 2 aromatic rings. The second-order valence-corrected chi connectivity index (χ2v) is 5.87. The minimum absolute atomic E-state index is 0.00948. The first-order valence-corrected chi connectivity index (χ1v) is 8.17. The Morgan fingerprint density at radius 2 is 2.04 bits per heavy atom. The number of benzene rings is 2. The number of amides is 1. The summed E-state index contributed by atoms with van der Waals surface area (Å²) in [6.07, 6.45) is 1.91. The fraction of sp³-hybridized carbons (Fsp3) is 0.316. The van der Waals surface area contributed by atoms with E-state index in [1.165, 1.54) is 6.07 Å². The van der Waals surface area contributed by atoms with Gasteiger partial charge in [0.2, 0.25) is 5.91 Å². The quantitative estimate of drug-likeness (QED) is 0.865. The van der Waals surface area contributed by atoms with Crippen LogP contribution in [0, 0.1) is 11.6 Å². The Morgan fingerprint density at radius 1 is 1.24 bits per heavy atom. The molecule has 0 spiro atoms. The van der Waals surface area contributed by atoms with Gasteiger partial charge in [-0.1, -0.05) is 30.3 Å². The van der Waals surface area contributed by atoms with E-state index >= 15 is 0 Å². The molecule has 1 heterocycles. The van der Waals surface area contributed by atoms with Crippen molar-refractivity contribution in [1.82, 2.24) is 0 Å². The van der Waals surface area contributed by atoms with Gasteiger partial charge in [0, 0.05) is 18.2 Å². The van der Waals surface area contributed by atoms with E-state index in [-0.39, 0.29) is 24.0 Å². The van der Waals surface area contributed by atoms with E-state index in [1.807, 2.05) is 0 Å². The van der Waals surface area contributed by atoms with E-state index in [2.05, 4.69) is 5.32 Å². The molecule has 1 N–H and O–H groups in total. The fourth-order valence-corrected chi connectivity index (χ4v) is 2.78. The van der Waals surface area contributed by atoms with E-state index in [9.17, 15) is 13.6 Å². The minimum Gasteiger partial charge on any atom is -0.376 e. The molecule has 4 nitrogen and oxygen atoms in total. The van der Waals surface area contributed by atoms with Crippen molar-refractivity contribution >= 4 is 11.6 Å². The lowest BCUT2D eigenvalue weighted by molar-refractivity contribution is -0.121. The van der Waals surface area contributed by atoms with Gasteiger partial charge in [0.1, 0.15) is 18.2 Å². The smallest absolute Gasteiger partial charge is 0.250 e. The standard InChI is InChI=1S/C19H19F2NO3/c20-14-9-16(13-5-2-1-3-6-13)19(17(21)10-14)22-18(23)12-24-11-15-7-4-8-25-15/h1-3,5-6,9-10,15H,4,7-8,11-12H2,(H,22,23).